The van der Waals surface area contributed by atoms with Crippen molar-refractivity contribution in [2.75, 3.05) is 0 Å². The molecule has 0 saturated heterocycles. The molecule has 3 heterocycles. The number of para-hydroxylation sites is 3. The molecular formula is C53H49IrN3S-2. The molecule has 0 atom stereocenters. The van der Waals surface area contributed by atoms with Crippen LogP contribution in [0.4, 0.5) is 0 Å². The van der Waals surface area contributed by atoms with Crippen molar-refractivity contribution in [1.82, 2.24) is 14.5 Å². The molecule has 0 fully saturated rings. The Labute approximate surface area is 366 Å². The molecule has 3 aromatic heterocycles. The van der Waals surface area contributed by atoms with Gasteiger partial charge in [0.2, 0.25) is 0 Å². The number of imidazole rings is 1. The van der Waals surface area contributed by atoms with Crippen LogP contribution in [-0.2, 0) is 26.5 Å². The van der Waals surface area contributed by atoms with Crippen molar-refractivity contribution in [3.8, 4) is 39.5 Å². The standard InChI is InChI=1S/C28H24NS.C25H25N2.Ir/c1-28(2,3)17-19-11-13-20(14-12-19)21-15-16-25(29-18-21)24-9-6-8-23-22-7-4-5-10-26(22)30-27(23)24;1-17(2)20-13-10-14-21(18(3)4)24(20)27-23-16-9-8-15-22(23)26-25(27)19-11-6-5-7-12-19;/h4-8,10-16,18H,17H2,1-3H3;5-11,13-18H,1-4H3;/q2*-1;/i17D2;17D,18D;. The first-order chi connectivity index (χ1) is 28.9. The summed E-state index contributed by atoms with van der Waals surface area (Å²) in [4.78, 5) is 9.67. The molecule has 3 nitrogen and oxygen atoms in total. The van der Waals surface area contributed by atoms with Gasteiger partial charge in [-0.3, -0.25) is 4.98 Å². The first-order valence-corrected chi connectivity index (χ1v) is 20.2. The van der Waals surface area contributed by atoms with Crippen LogP contribution in [0.5, 0.6) is 0 Å². The van der Waals surface area contributed by atoms with E-state index in [9.17, 15) is 0 Å². The van der Waals surface area contributed by atoms with E-state index in [-0.39, 0.29) is 20.1 Å². The maximum Gasteiger partial charge on any atom is 0.0774 e. The quantitative estimate of drug-likeness (QED) is 0.149. The molecule has 1 radical (unpaired) electrons. The Bertz CT molecular complexity index is 2960. The number of hydrogen-bond acceptors (Lipinski definition) is 3. The zero-order valence-electron chi connectivity index (χ0n) is 37.9. The minimum absolute atomic E-state index is 0. The molecule has 0 N–H and O–H groups in total. The van der Waals surface area contributed by atoms with Gasteiger partial charge in [0.1, 0.15) is 0 Å². The van der Waals surface area contributed by atoms with Gasteiger partial charge < -0.3 is 9.55 Å². The fourth-order valence-corrected chi connectivity index (χ4v) is 8.54. The van der Waals surface area contributed by atoms with E-state index < -0.39 is 23.6 Å². The van der Waals surface area contributed by atoms with Crippen LogP contribution < -0.4 is 0 Å². The fraction of sp³-hybridized carbons (Fsp3) is 0.208. The van der Waals surface area contributed by atoms with Crippen LogP contribution in [0.3, 0.4) is 0 Å². The fourth-order valence-electron chi connectivity index (χ4n) is 7.33. The Morgan fingerprint density at radius 3 is 2.07 bits per heavy atom. The van der Waals surface area contributed by atoms with Gasteiger partial charge in [-0.15, -0.1) is 59.7 Å². The van der Waals surface area contributed by atoms with Gasteiger partial charge in [0.25, 0.3) is 0 Å². The van der Waals surface area contributed by atoms with Crippen molar-refractivity contribution in [1.29, 1.82) is 0 Å². The van der Waals surface area contributed by atoms with E-state index in [1.807, 2.05) is 158 Å². The third kappa shape index (κ3) is 8.50. The second kappa shape index (κ2) is 17.3. The van der Waals surface area contributed by atoms with E-state index in [1.165, 1.54) is 20.2 Å². The molecule has 0 saturated carbocycles. The molecule has 0 aliphatic heterocycles. The van der Waals surface area contributed by atoms with Crippen LogP contribution in [0.2, 0.25) is 0 Å². The van der Waals surface area contributed by atoms with Gasteiger partial charge in [0.15, 0.2) is 0 Å². The molecule has 0 amide bonds. The normalized spacial score (nSPS) is 13.2. The molecule has 58 heavy (non-hydrogen) atoms. The predicted molar refractivity (Wildman–Crippen MR) is 244 cm³/mol. The van der Waals surface area contributed by atoms with Gasteiger partial charge >= 0.3 is 0 Å². The summed E-state index contributed by atoms with van der Waals surface area (Å²) in [6.45, 7) is 13.3. The molecule has 0 spiro atoms. The summed E-state index contributed by atoms with van der Waals surface area (Å²) in [6.07, 6.45) is 0.495. The number of aromatic nitrogens is 3. The number of hydrogen-bond donors (Lipinski definition) is 0. The van der Waals surface area contributed by atoms with E-state index in [1.54, 1.807) is 11.3 Å². The molecule has 293 valence electrons. The molecule has 0 aliphatic rings. The van der Waals surface area contributed by atoms with Gasteiger partial charge in [0.05, 0.1) is 16.9 Å². The monoisotopic (exact) mass is 956 g/mol. The van der Waals surface area contributed by atoms with E-state index in [4.69, 9.17) is 15.5 Å². The number of benzene rings is 6. The van der Waals surface area contributed by atoms with Crippen molar-refractivity contribution in [3.63, 3.8) is 0 Å². The molecule has 0 aliphatic carbocycles. The largest absolute Gasteiger partial charge is 0.333 e. The summed E-state index contributed by atoms with van der Waals surface area (Å²) in [6, 6.07) is 52.9. The van der Waals surface area contributed by atoms with Gasteiger partial charge in [-0.1, -0.05) is 139 Å². The topological polar surface area (TPSA) is 30.7 Å². The van der Waals surface area contributed by atoms with E-state index in [0.717, 1.165) is 61.6 Å². The second-order valence-electron chi connectivity index (χ2n) is 15.8. The smallest absolute Gasteiger partial charge is 0.0774 e. The molecule has 5 heteroatoms. The molecule has 0 unspecified atom stereocenters. The summed E-state index contributed by atoms with van der Waals surface area (Å²) in [5, 5.41) is 2.52. The van der Waals surface area contributed by atoms with Crippen LogP contribution >= 0.6 is 11.3 Å². The summed E-state index contributed by atoms with van der Waals surface area (Å²) in [5.41, 5.74) is 9.55. The molecule has 9 aromatic rings. The zero-order chi connectivity index (χ0) is 43.3. The first kappa shape index (κ1) is 35.9. The van der Waals surface area contributed by atoms with Gasteiger partial charge in [-0.25, -0.2) is 0 Å². The molecule has 9 rings (SSSR count). The SMILES string of the molecule is [2H]C(C)(C)c1cccc(C([2H])(C)C)c1-n1c(-c2[c-]cccc2)nc2ccccc21.[2H]C([2H])(c1ccc(-c2ccc(-c3[c-]ccc4c3sc3ccccc34)nc2)cc1)C(C)(C)C.[Ir]. The van der Waals surface area contributed by atoms with Crippen LogP contribution in [0.1, 0.15) is 82.4 Å². The van der Waals surface area contributed by atoms with E-state index in [0.29, 0.717) is 5.56 Å². The van der Waals surface area contributed by atoms with Crippen molar-refractivity contribution >= 4 is 42.5 Å². The average Bonchev–Trinajstić information content (AvgIpc) is 3.82. The van der Waals surface area contributed by atoms with Crippen molar-refractivity contribution < 1.29 is 25.6 Å². The maximum absolute atomic E-state index is 8.80. The Morgan fingerprint density at radius 2 is 1.40 bits per heavy atom. The minimum atomic E-state index is -1.40. The predicted octanol–water partition coefficient (Wildman–Crippen LogP) is 14.9. The van der Waals surface area contributed by atoms with Gasteiger partial charge in [-0.2, -0.15) is 11.3 Å². The summed E-state index contributed by atoms with van der Waals surface area (Å²) in [5.74, 6) is -0.895. The maximum atomic E-state index is 8.80. The molecular weight excluding hydrogens is 903 g/mol. The number of pyridine rings is 1. The third-order valence-electron chi connectivity index (χ3n) is 9.94. The average molecular weight is 956 g/mol. The Morgan fingerprint density at radius 1 is 0.707 bits per heavy atom. The minimum Gasteiger partial charge on any atom is -0.333 e. The van der Waals surface area contributed by atoms with E-state index in [2.05, 4.69) is 53.1 Å². The summed E-state index contributed by atoms with van der Waals surface area (Å²) >= 11 is 1.78. The number of rotatable bonds is 7. The number of nitrogens with zero attached hydrogens (tertiary/aromatic N) is 3. The van der Waals surface area contributed by atoms with Crippen LogP contribution in [-0.4, -0.2) is 14.5 Å². The van der Waals surface area contributed by atoms with Crippen molar-refractivity contribution in [2.45, 2.75) is 66.6 Å². The summed E-state index contributed by atoms with van der Waals surface area (Å²) in [7, 11) is 0. The number of fused-ring (bicyclic) bond motifs is 4. The second-order valence-corrected chi connectivity index (χ2v) is 16.9. The molecule has 0 bridgehead atoms. The first-order valence-electron chi connectivity index (χ1n) is 21.4. The number of thiophene rings is 1. The molecule has 6 aromatic carbocycles. The summed E-state index contributed by atoms with van der Waals surface area (Å²) < 4.78 is 39.1. The van der Waals surface area contributed by atoms with Crippen molar-refractivity contribution in [3.05, 3.63) is 175 Å². The van der Waals surface area contributed by atoms with Crippen LogP contribution in [0.25, 0.3) is 70.7 Å². The van der Waals surface area contributed by atoms with Crippen LogP contribution in [0.15, 0.2) is 146 Å². The van der Waals surface area contributed by atoms with Crippen LogP contribution in [0, 0.1) is 17.5 Å². The third-order valence-corrected chi connectivity index (χ3v) is 11.1. The van der Waals surface area contributed by atoms with Gasteiger partial charge in [-0.05, 0) is 85.4 Å². The Balaban J connectivity index is 0.000000184. The van der Waals surface area contributed by atoms with Gasteiger partial charge in [0, 0.05) is 42.2 Å². The Hall–Kier alpha value is -5.19. The van der Waals surface area contributed by atoms with E-state index >= 15 is 0 Å². The van der Waals surface area contributed by atoms with Crippen molar-refractivity contribution in [2.24, 2.45) is 5.41 Å². The zero-order valence-corrected chi connectivity index (χ0v) is 37.2. The Kier molecular flexibility index (Phi) is 10.7.